The van der Waals surface area contributed by atoms with Crippen molar-refractivity contribution in [2.45, 2.75) is 77.6 Å². The molecule has 1 aliphatic rings. The van der Waals surface area contributed by atoms with Crippen LogP contribution in [0.25, 0.3) is 0 Å². The second-order valence-corrected chi connectivity index (χ2v) is 12.3. The topological polar surface area (TPSA) is 29.5 Å². The average molecular weight is 270 g/mol. The van der Waals surface area contributed by atoms with Gasteiger partial charge in [-0.1, -0.05) is 20.8 Å². The lowest BCUT2D eigenvalue weighted by Gasteiger charge is -2.46. The summed E-state index contributed by atoms with van der Waals surface area (Å²) in [7, 11) is -1.76. The summed E-state index contributed by atoms with van der Waals surface area (Å²) in [4.78, 5) is 0. The van der Waals surface area contributed by atoms with E-state index in [1.54, 1.807) is 0 Å². The van der Waals surface area contributed by atoms with Crippen molar-refractivity contribution in [2.75, 3.05) is 0 Å². The molecule has 0 fully saturated rings. The fourth-order valence-corrected chi connectivity index (χ4v) is 4.11. The van der Waals surface area contributed by atoms with Crippen molar-refractivity contribution in [3.8, 4) is 0 Å². The van der Waals surface area contributed by atoms with E-state index in [9.17, 15) is 5.11 Å². The van der Waals surface area contributed by atoms with Crippen LogP contribution in [0.2, 0.25) is 18.1 Å². The Bertz CT molecular complexity index is 324. The number of aliphatic hydroxyl groups is 1. The number of hydrogen-bond acceptors (Lipinski definition) is 2. The molecule has 106 valence electrons. The van der Waals surface area contributed by atoms with Gasteiger partial charge in [0.2, 0.25) is 0 Å². The van der Waals surface area contributed by atoms with E-state index in [4.69, 9.17) is 4.43 Å². The highest BCUT2D eigenvalue weighted by Crippen LogP contribution is 2.42. The van der Waals surface area contributed by atoms with E-state index in [2.05, 4.69) is 47.7 Å². The van der Waals surface area contributed by atoms with Gasteiger partial charge in [-0.25, -0.2) is 0 Å². The summed E-state index contributed by atoms with van der Waals surface area (Å²) in [5.41, 5.74) is -0.183. The molecule has 1 atom stereocenters. The van der Waals surface area contributed by atoms with Gasteiger partial charge in [0.1, 0.15) is 0 Å². The van der Waals surface area contributed by atoms with Gasteiger partial charge in [-0.2, -0.15) is 0 Å². The van der Waals surface area contributed by atoms with Gasteiger partial charge in [-0.3, -0.25) is 0 Å². The Kier molecular flexibility index (Phi) is 4.39. The summed E-state index contributed by atoms with van der Waals surface area (Å²) in [5, 5.41) is 9.94. The van der Waals surface area contributed by atoms with E-state index in [1.807, 2.05) is 6.08 Å². The minimum atomic E-state index is -1.76. The summed E-state index contributed by atoms with van der Waals surface area (Å²) in [6.07, 6.45) is 5.02. The molecule has 1 N–H and O–H groups in total. The number of aliphatic hydroxyl groups excluding tert-OH is 1. The summed E-state index contributed by atoms with van der Waals surface area (Å²) >= 11 is 0. The first-order valence-corrected chi connectivity index (χ1v) is 9.96. The zero-order chi connectivity index (χ0) is 14.2. The van der Waals surface area contributed by atoms with Crippen LogP contribution in [0.4, 0.5) is 0 Å². The van der Waals surface area contributed by atoms with Crippen LogP contribution in [0.1, 0.15) is 53.9 Å². The first-order valence-electron chi connectivity index (χ1n) is 7.05. The highest BCUT2D eigenvalue weighted by Gasteiger charge is 2.43. The SMILES string of the molecule is CC(C)(O[Si](C)(C)C(C)(C)C)C1C=C(O)CCC1. The van der Waals surface area contributed by atoms with E-state index in [1.165, 1.54) is 0 Å². The summed E-state index contributed by atoms with van der Waals surface area (Å²) in [6, 6.07) is 0. The fourth-order valence-electron chi connectivity index (χ4n) is 2.34. The third kappa shape index (κ3) is 3.61. The lowest BCUT2D eigenvalue weighted by molar-refractivity contribution is 0.0401. The molecule has 1 unspecified atom stereocenters. The quantitative estimate of drug-likeness (QED) is 0.729. The van der Waals surface area contributed by atoms with Gasteiger partial charge in [0.25, 0.3) is 0 Å². The molecular formula is C15H30O2Si. The van der Waals surface area contributed by atoms with Gasteiger partial charge < -0.3 is 9.53 Å². The Morgan fingerprint density at radius 2 is 1.78 bits per heavy atom. The minimum absolute atomic E-state index is 0.183. The second kappa shape index (κ2) is 5.01. The zero-order valence-electron chi connectivity index (χ0n) is 13.1. The molecule has 2 nitrogen and oxygen atoms in total. The van der Waals surface area contributed by atoms with Crippen molar-refractivity contribution in [2.24, 2.45) is 5.92 Å². The van der Waals surface area contributed by atoms with Crippen LogP contribution in [0.5, 0.6) is 0 Å². The van der Waals surface area contributed by atoms with Crippen LogP contribution in [0.15, 0.2) is 11.8 Å². The third-order valence-corrected chi connectivity index (χ3v) is 9.21. The standard InChI is InChI=1S/C15H30O2Si/c1-14(2,3)18(6,7)17-15(4,5)12-9-8-10-13(16)11-12/h11-12,16H,8-10H2,1-7H3. The normalized spacial score (nSPS) is 22.8. The van der Waals surface area contributed by atoms with Crippen molar-refractivity contribution in [3.63, 3.8) is 0 Å². The molecular weight excluding hydrogens is 240 g/mol. The first-order chi connectivity index (χ1) is 7.96. The van der Waals surface area contributed by atoms with Gasteiger partial charge in [0.15, 0.2) is 8.32 Å². The maximum atomic E-state index is 9.72. The van der Waals surface area contributed by atoms with Gasteiger partial charge in [-0.15, -0.1) is 0 Å². The Morgan fingerprint density at radius 1 is 1.22 bits per heavy atom. The minimum Gasteiger partial charge on any atom is -0.513 e. The van der Waals surface area contributed by atoms with Crippen molar-refractivity contribution in [1.82, 2.24) is 0 Å². The lowest BCUT2D eigenvalue weighted by atomic mass is 9.83. The van der Waals surface area contributed by atoms with E-state index in [-0.39, 0.29) is 10.6 Å². The molecule has 1 aliphatic carbocycles. The van der Waals surface area contributed by atoms with Crippen LogP contribution >= 0.6 is 0 Å². The van der Waals surface area contributed by atoms with Gasteiger partial charge >= 0.3 is 0 Å². The molecule has 0 aromatic rings. The smallest absolute Gasteiger partial charge is 0.192 e. The molecule has 0 spiro atoms. The Hall–Kier alpha value is -0.283. The van der Waals surface area contributed by atoms with Crippen LogP contribution < -0.4 is 0 Å². The highest BCUT2D eigenvalue weighted by atomic mass is 28.4. The van der Waals surface area contributed by atoms with Crippen molar-refractivity contribution in [1.29, 1.82) is 0 Å². The highest BCUT2D eigenvalue weighted by molar-refractivity contribution is 6.74. The molecule has 3 heteroatoms. The Morgan fingerprint density at radius 3 is 2.22 bits per heavy atom. The predicted octanol–water partition coefficient (Wildman–Crippen LogP) is 5.03. The molecule has 1 rings (SSSR count). The molecule has 0 bridgehead atoms. The second-order valence-electron chi connectivity index (χ2n) is 7.62. The van der Waals surface area contributed by atoms with Gasteiger partial charge in [0.05, 0.1) is 11.4 Å². The number of rotatable bonds is 3. The Labute approximate surface area is 114 Å². The first kappa shape index (κ1) is 15.8. The molecule has 0 aliphatic heterocycles. The molecule has 0 aromatic heterocycles. The summed E-state index contributed by atoms with van der Waals surface area (Å²) < 4.78 is 6.56. The van der Waals surface area contributed by atoms with Crippen LogP contribution in [0.3, 0.4) is 0 Å². The van der Waals surface area contributed by atoms with E-state index in [0.717, 1.165) is 19.3 Å². The molecule has 0 saturated heterocycles. The third-order valence-electron chi connectivity index (χ3n) is 4.56. The van der Waals surface area contributed by atoms with Crippen LogP contribution in [0, 0.1) is 5.92 Å². The van der Waals surface area contributed by atoms with Crippen LogP contribution in [-0.2, 0) is 4.43 Å². The van der Waals surface area contributed by atoms with Gasteiger partial charge in [0, 0.05) is 12.3 Å². The molecule has 0 amide bonds. The number of allylic oxidation sites excluding steroid dienone is 1. The van der Waals surface area contributed by atoms with E-state index < -0.39 is 8.32 Å². The van der Waals surface area contributed by atoms with Crippen LogP contribution in [-0.4, -0.2) is 19.0 Å². The number of hydrogen-bond donors (Lipinski definition) is 1. The van der Waals surface area contributed by atoms with Crippen molar-refractivity contribution in [3.05, 3.63) is 11.8 Å². The molecule has 0 saturated carbocycles. The Balaban J connectivity index is 2.85. The summed E-state index contributed by atoms with van der Waals surface area (Å²) in [5.74, 6) is 0.874. The van der Waals surface area contributed by atoms with Crippen molar-refractivity contribution < 1.29 is 9.53 Å². The van der Waals surface area contributed by atoms with Crippen molar-refractivity contribution >= 4 is 8.32 Å². The molecule has 0 radical (unpaired) electrons. The molecule has 18 heavy (non-hydrogen) atoms. The molecule has 0 heterocycles. The molecule has 0 aromatic carbocycles. The predicted molar refractivity (Wildman–Crippen MR) is 80.4 cm³/mol. The fraction of sp³-hybridized carbons (Fsp3) is 0.867. The van der Waals surface area contributed by atoms with E-state index in [0.29, 0.717) is 11.7 Å². The maximum absolute atomic E-state index is 9.72. The lowest BCUT2D eigenvalue weighted by Crippen LogP contribution is -2.50. The average Bonchev–Trinajstić information content (AvgIpc) is 2.14. The maximum Gasteiger partial charge on any atom is 0.192 e. The van der Waals surface area contributed by atoms with E-state index >= 15 is 0 Å². The van der Waals surface area contributed by atoms with Gasteiger partial charge in [-0.05, 0) is 50.9 Å². The summed E-state index contributed by atoms with van der Waals surface area (Å²) in [6.45, 7) is 15.7. The monoisotopic (exact) mass is 270 g/mol. The zero-order valence-corrected chi connectivity index (χ0v) is 14.1. The largest absolute Gasteiger partial charge is 0.513 e.